The van der Waals surface area contributed by atoms with Gasteiger partial charge in [-0.2, -0.15) is 13.2 Å². The minimum absolute atomic E-state index is 0.0941. The van der Waals surface area contributed by atoms with Gasteiger partial charge in [0.25, 0.3) is 0 Å². The zero-order valence-electron chi connectivity index (χ0n) is 11.0. The van der Waals surface area contributed by atoms with Gasteiger partial charge in [-0.15, -0.1) is 0 Å². The number of aliphatic hydroxyl groups is 1. The van der Waals surface area contributed by atoms with Crippen LogP contribution in [-0.4, -0.2) is 17.8 Å². The van der Waals surface area contributed by atoms with Gasteiger partial charge in [-0.1, -0.05) is 0 Å². The Balaban J connectivity index is 2.05. The number of aliphatic hydroxyl groups excluding tert-OH is 1. The van der Waals surface area contributed by atoms with Gasteiger partial charge in [-0.05, 0) is 43.9 Å². The van der Waals surface area contributed by atoms with Crippen LogP contribution in [0.2, 0.25) is 0 Å². The van der Waals surface area contributed by atoms with Crippen molar-refractivity contribution >= 4 is 5.69 Å². The number of nitrogen functional groups attached to an aromatic ring is 1. The number of halogens is 3. The molecule has 1 heterocycles. The third-order valence-electron chi connectivity index (χ3n) is 3.56. The number of benzene rings is 1. The maximum Gasteiger partial charge on any atom is 0.416 e. The fourth-order valence-corrected chi connectivity index (χ4v) is 2.41. The molecule has 0 amide bonds. The first kappa shape index (κ1) is 15.1. The third-order valence-corrected chi connectivity index (χ3v) is 3.56. The Morgan fingerprint density at radius 3 is 2.75 bits per heavy atom. The van der Waals surface area contributed by atoms with Crippen LogP contribution in [-0.2, 0) is 10.9 Å². The van der Waals surface area contributed by atoms with Gasteiger partial charge in [0, 0.05) is 17.9 Å². The Kier molecular flexibility index (Phi) is 4.55. The van der Waals surface area contributed by atoms with Crippen LogP contribution in [0.5, 0.6) is 0 Å². The van der Waals surface area contributed by atoms with E-state index in [0.29, 0.717) is 19.4 Å². The SMILES string of the molecule is Nc1ccc(C(F)(F)F)cc1C(O)CCC1CCCO1. The Hall–Kier alpha value is -1.27. The summed E-state index contributed by atoms with van der Waals surface area (Å²) < 4.78 is 43.4. The Labute approximate surface area is 115 Å². The van der Waals surface area contributed by atoms with E-state index in [1.54, 1.807) is 0 Å². The van der Waals surface area contributed by atoms with Crippen LogP contribution < -0.4 is 5.73 Å². The Bertz CT molecular complexity index is 456. The molecule has 2 atom stereocenters. The van der Waals surface area contributed by atoms with E-state index in [1.807, 2.05) is 0 Å². The number of hydrogen-bond donors (Lipinski definition) is 2. The van der Waals surface area contributed by atoms with Gasteiger partial charge in [-0.3, -0.25) is 0 Å². The molecule has 2 unspecified atom stereocenters. The molecule has 1 aliphatic rings. The number of alkyl halides is 3. The fourth-order valence-electron chi connectivity index (χ4n) is 2.41. The van der Waals surface area contributed by atoms with Crippen LogP contribution >= 0.6 is 0 Å². The second-order valence-corrected chi connectivity index (χ2v) is 5.07. The molecule has 0 aliphatic carbocycles. The number of rotatable bonds is 4. The molecular weight excluding hydrogens is 271 g/mol. The predicted octanol–water partition coefficient (Wildman–Crippen LogP) is 3.28. The molecule has 0 spiro atoms. The van der Waals surface area contributed by atoms with Crippen molar-refractivity contribution in [1.29, 1.82) is 0 Å². The van der Waals surface area contributed by atoms with Crippen molar-refractivity contribution in [1.82, 2.24) is 0 Å². The van der Waals surface area contributed by atoms with E-state index in [9.17, 15) is 18.3 Å². The van der Waals surface area contributed by atoms with Crippen molar-refractivity contribution in [3.63, 3.8) is 0 Å². The monoisotopic (exact) mass is 289 g/mol. The summed E-state index contributed by atoms with van der Waals surface area (Å²) in [5.41, 5.74) is 5.18. The van der Waals surface area contributed by atoms with Gasteiger partial charge in [0.15, 0.2) is 0 Å². The highest BCUT2D eigenvalue weighted by Gasteiger charge is 2.31. The molecular formula is C14H18F3NO2. The summed E-state index contributed by atoms with van der Waals surface area (Å²) >= 11 is 0. The van der Waals surface area contributed by atoms with E-state index in [1.165, 1.54) is 6.07 Å². The van der Waals surface area contributed by atoms with E-state index < -0.39 is 17.8 Å². The minimum atomic E-state index is -4.43. The number of hydrogen-bond acceptors (Lipinski definition) is 3. The highest BCUT2D eigenvalue weighted by Crippen LogP contribution is 2.34. The number of anilines is 1. The molecule has 1 aromatic rings. The van der Waals surface area contributed by atoms with Crippen LogP contribution in [0.25, 0.3) is 0 Å². The van der Waals surface area contributed by atoms with E-state index >= 15 is 0 Å². The standard InChI is InChI=1S/C14H18F3NO2/c15-14(16,17)9-3-5-12(18)11(8-9)13(19)6-4-10-2-1-7-20-10/h3,5,8,10,13,19H,1-2,4,6-7,18H2. The van der Waals surface area contributed by atoms with Gasteiger partial charge in [0.2, 0.25) is 0 Å². The molecule has 2 rings (SSSR count). The van der Waals surface area contributed by atoms with E-state index in [4.69, 9.17) is 10.5 Å². The summed E-state index contributed by atoms with van der Waals surface area (Å²) in [7, 11) is 0. The molecule has 1 aliphatic heterocycles. The van der Waals surface area contributed by atoms with Crippen LogP contribution in [0.15, 0.2) is 18.2 Å². The van der Waals surface area contributed by atoms with Gasteiger partial charge in [-0.25, -0.2) is 0 Å². The molecule has 3 nitrogen and oxygen atoms in total. The topological polar surface area (TPSA) is 55.5 Å². The van der Waals surface area contributed by atoms with Crippen LogP contribution in [0, 0.1) is 0 Å². The largest absolute Gasteiger partial charge is 0.416 e. The normalized spacial score (nSPS) is 21.1. The number of nitrogens with two attached hydrogens (primary N) is 1. The van der Waals surface area contributed by atoms with Crippen LogP contribution in [0.1, 0.15) is 42.9 Å². The Morgan fingerprint density at radius 1 is 1.40 bits per heavy atom. The van der Waals surface area contributed by atoms with Crippen molar-refractivity contribution in [3.8, 4) is 0 Å². The second-order valence-electron chi connectivity index (χ2n) is 5.07. The van der Waals surface area contributed by atoms with Crippen molar-refractivity contribution < 1.29 is 23.0 Å². The molecule has 1 saturated heterocycles. The highest BCUT2D eigenvalue weighted by atomic mass is 19.4. The van der Waals surface area contributed by atoms with Gasteiger partial charge in [0.1, 0.15) is 0 Å². The lowest BCUT2D eigenvalue weighted by Crippen LogP contribution is -2.11. The zero-order valence-corrected chi connectivity index (χ0v) is 11.0. The summed E-state index contributed by atoms with van der Waals surface area (Å²) in [5.74, 6) is 0. The van der Waals surface area contributed by atoms with Gasteiger partial charge in [0.05, 0.1) is 17.8 Å². The van der Waals surface area contributed by atoms with Gasteiger partial charge >= 0.3 is 6.18 Å². The van der Waals surface area contributed by atoms with Gasteiger partial charge < -0.3 is 15.6 Å². The molecule has 1 fully saturated rings. The lowest BCUT2D eigenvalue weighted by molar-refractivity contribution is -0.137. The molecule has 112 valence electrons. The summed E-state index contributed by atoms with van der Waals surface area (Å²) in [6.07, 6.45) is -2.45. The lowest BCUT2D eigenvalue weighted by atomic mass is 9.98. The Morgan fingerprint density at radius 2 is 2.15 bits per heavy atom. The third kappa shape index (κ3) is 3.64. The average Bonchev–Trinajstić information content (AvgIpc) is 2.88. The quantitative estimate of drug-likeness (QED) is 0.836. The average molecular weight is 289 g/mol. The molecule has 6 heteroatoms. The molecule has 1 aromatic carbocycles. The smallest absolute Gasteiger partial charge is 0.398 e. The molecule has 3 N–H and O–H groups in total. The maximum absolute atomic E-state index is 12.7. The van der Waals surface area contributed by atoms with E-state index in [-0.39, 0.29) is 17.4 Å². The van der Waals surface area contributed by atoms with Crippen molar-refractivity contribution in [2.24, 2.45) is 0 Å². The maximum atomic E-state index is 12.7. The lowest BCUT2D eigenvalue weighted by Gasteiger charge is -2.17. The predicted molar refractivity (Wildman–Crippen MR) is 69.0 cm³/mol. The van der Waals surface area contributed by atoms with Crippen LogP contribution in [0.4, 0.5) is 18.9 Å². The van der Waals surface area contributed by atoms with Crippen LogP contribution in [0.3, 0.4) is 0 Å². The summed E-state index contributed by atoms with van der Waals surface area (Å²) in [6.45, 7) is 0.715. The minimum Gasteiger partial charge on any atom is -0.398 e. The van der Waals surface area contributed by atoms with Crippen molar-refractivity contribution in [3.05, 3.63) is 29.3 Å². The first-order chi connectivity index (χ1) is 9.38. The molecule has 0 saturated carbocycles. The summed E-state index contributed by atoms with van der Waals surface area (Å²) in [4.78, 5) is 0. The summed E-state index contributed by atoms with van der Waals surface area (Å²) in [6, 6.07) is 3.04. The molecule has 0 aromatic heterocycles. The molecule has 20 heavy (non-hydrogen) atoms. The fraction of sp³-hybridized carbons (Fsp3) is 0.571. The van der Waals surface area contributed by atoms with Crippen molar-refractivity contribution in [2.45, 2.75) is 44.1 Å². The highest BCUT2D eigenvalue weighted by molar-refractivity contribution is 5.50. The zero-order chi connectivity index (χ0) is 14.8. The van der Waals surface area contributed by atoms with E-state index in [2.05, 4.69) is 0 Å². The first-order valence-electron chi connectivity index (χ1n) is 6.64. The molecule has 0 radical (unpaired) electrons. The second kappa shape index (κ2) is 6.01. The first-order valence-corrected chi connectivity index (χ1v) is 6.64. The number of ether oxygens (including phenoxy) is 1. The van der Waals surface area contributed by atoms with E-state index in [0.717, 1.165) is 25.0 Å². The summed E-state index contributed by atoms with van der Waals surface area (Å²) in [5, 5.41) is 10.0. The molecule has 0 bridgehead atoms. The van der Waals surface area contributed by atoms with Crippen molar-refractivity contribution in [2.75, 3.05) is 12.3 Å².